The number of hydrogen-bond acceptors (Lipinski definition) is 6. The van der Waals surface area contributed by atoms with Gasteiger partial charge >= 0.3 is 5.97 Å². The Morgan fingerprint density at radius 1 is 1.39 bits per heavy atom. The average molecular weight is 401 g/mol. The molecule has 1 atom stereocenters. The number of aryl methyl sites for hydroxylation is 2. The highest BCUT2D eigenvalue weighted by Crippen LogP contribution is 2.35. The van der Waals surface area contributed by atoms with E-state index in [0.29, 0.717) is 32.4 Å². The Morgan fingerprint density at radius 3 is 2.75 bits per heavy atom. The van der Waals surface area contributed by atoms with Crippen molar-refractivity contribution in [3.05, 3.63) is 16.8 Å². The molecule has 2 aromatic rings. The number of rotatable bonds is 6. The summed E-state index contributed by atoms with van der Waals surface area (Å²) in [5.74, 6) is 1.88. The van der Waals surface area contributed by atoms with E-state index in [-0.39, 0.29) is 18.2 Å². The number of carboxylic acids is 1. The van der Waals surface area contributed by atoms with Crippen molar-refractivity contribution in [3.8, 4) is 12.3 Å². The smallest absolute Gasteiger partial charge is 0.326 e. The minimum absolute atomic E-state index is 0.202. The number of amides is 1. The number of hydrogen-bond donors (Lipinski definition) is 2. The van der Waals surface area contributed by atoms with E-state index in [2.05, 4.69) is 40.0 Å². The second kappa shape index (κ2) is 8.57. The number of nitrogens with one attached hydrogen (secondary N) is 1. The van der Waals surface area contributed by atoms with E-state index in [1.165, 1.54) is 10.4 Å². The van der Waals surface area contributed by atoms with Crippen LogP contribution in [-0.4, -0.2) is 46.1 Å². The Morgan fingerprint density at radius 2 is 2.11 bits per heavy atom. The number of piperidine rings is 1. The first-order valence-electron chi connectivity index (χ1n) is 9.34. The van der Waals surface area contributed by atoms with E-state index >= 15 is 0 Å². The summed E-state index contributed by atoms with van der Waals surface area (Å²) in [6.07, 6.45) is 8.66. The lowest BCUT2D eigenvalue weighted by Crippen LogP contribution is -2.46. The number of anilines is 1. The second-order valence-electron chi connectivity index (χ2n) is 7.06. The summed E-state index contributed by atoms with van der Waals surface area (Å²) in [7, 11) is 0. The van der Waals surface area contributed by atoms with Gasteiger partial charge < -0.3 is 15.3 Å². The number of fused-ring (bicyclic) bond motifs is 1. The van der Waals surface area contributed by atoms with E-state index in [0.717, 1.165) is 16.0 Å². The first-order chi connectivity index (χ1) is 13.4. The Balaban J connectivity index is 1.66. The third kappa shape index (κ3) is 4.09. The Kier molecular flexibility index (Phi) is 6.15. The quantitative estimate of drug-likeness (QED) is 0.724. The first kappa shape index (κ1) is 20.1. The number of carbonyl (C=O) groups excluding carboxylic acids is 1. The molecule has 0 bridgehead atoms. The summed E-state index contributed by atoms with van der Waals surface area (Å²) in [5, 5.41) is 13.0. The van der Waals surface area contributed by atoms with Crippen LogP contribution in [0.5, 0.6) is 0 Å². The molecular weight excluding hydrogens is 376 g/mol. The highest BCUT2D eigenvalue weighted by atomic mass is 32.1. The van der Waals surface area contributed by atoms with Crippen molar-refractivity contribution in [1.82, 2.24) is 15.3 Å². The van der Waals surface area contributed by atoms with Crippen LogP contribution < -0.4 is 10.2 Å². The number of thiophene rings is 1. The number of aromatic nitrogens is 2. The Labute approximate surface area is 168 Å². The van der Waals surface area contributed by atoms with Crippen LogP contribution in [0.25, 0.3) is 10.2 Å². The Bertz CT molecular complexity index is 925. The van der Waals surface area contributed by atoms with Crippen LogP contribution in [0.3, 0.4) is 0 Å². The molecule has 2 N–H and O–H groups in total. The SMILES string of the molecule is C#CCC[C@H](NC(=O)C1CCN(c2ncnc3sc(C)c(C)c23)CC1)C(=O)O. The van der Waals surface area contributed by atoms with Gasteiger partial charge in [0.25, 0.3) is 0 Å². The van der Waals surface area contributed by atoms with Gasteiger partial charge in [0.1, 0.15) is 23.0 Å². The lowest BCUT2D eigenvalue weighted by molar-refractivity contribution is -0.142. The van der Waals surface area contributed by atoms with Crippen molar-refractivity contribution in [2.75, 3.05) is 18.0 Å². The maximum Gasteiger partial charge on any atom is 0.326 e. The van der Waals surface area contributed by atoms with Crippen LogP contribution in [0.4, 0.5) is 5.82 Å². The summed E-state index contributed by atoms with van der Waals surface area (Å²) < 4.78 is 0. The predicted molar refractivity (Wildman–Crippen MR) is 109 cm³/mol. The summed E-state index contributed by atoms with van der Waals surface area (Å²) >= 11 is 1.67. The fraction of sp³-hybridized carbons (Fsp3) is 0.500. The summed E-state index contributed by atoms with van der Waals surface area (Å²) in [5.41, 5.74) is 1.20. The topological polar surface area (TPSA) is 95.4 Å². The second-order valence-corrected chi connectivity index (χ2v) is 8.27. The van der Waals surface area contributed by atoms with Gasteiger partial charge in [-0.25, -0.2) is 14.8 Å². The zero-order valence-corrected chi connectivity index (χ0v) is 16.9. The normalized spacial score (nSPS) is 16.0. The lowest BCUT2D eigenvalue weighted by atomic mass is 9.95. The van der Waals surface area contributed by atoms with E-state index in [1.54, 1.807) is 17.7 Å². The molecule has 0 saturated carbocycles. The zero-order valence-electron chi connectivity index (χ0n) is 16.1. The van der Waals surface area contributed by atoms with E-state index in [9.17, 15) is 14.7 Å². The molecule has 3 heterocycles. The number of nitrogens with zero attached hydrogens (tertiary/aromatic N) is 3. The molecule has 0 radical (unpaired) electrons. The van der Waals surface area contributed by atoms with Gasteiger partial charge in [-0.1, -0.05) is 0 Å². The maximum atomic E-state index is 12.5. The molecule has 1 aliphatic heterocycles. The molecule has 0 unspecified atom stereocenters. The molecule has 148 valence electrons. The minimum Gasteiger partial charge on any atom is -0.480 e. The predicted octanol–water partition coefficient (Wildman–Crippen LogP) is 2.51. The Hall–Kier alpha value is -2.66. The molecule has 2 aromatic heterocycles. The highest BCUT2D eigenvalue weighted by molar-refractivity contribution is 7.18. The average Bonchev–Trinajstić information content (AvgIpc) is 2.99. The largest absolute Gasteiger partial charge is 0.480 e. The van der Waals surface area contributed by atoms with Gasteiger partial charge in [0, 0.05) is 30.3 Å². The van der Waals surface area contributed by atoms with Gasteiger partial charge in [-0.05, 0) is 38.7 Å². The van der Waals surface area contributed by atoms with Crippen LogP contribution in [0.1, 0.15) is 36.1 Å². The minimum atomic E-state index is -1.05. The van der Waals surface area contributed by atoms with E-state index < -0.39 is 12.0 Å². The van der Waals surface area contributed by atoms with Gasteiger partial charge in [0.15, 0.2) is 0 Å². The highest BCUT2D eigenvalue weighted by Gasteiger charge is 2.29. The summed E-state index contributed by atoms with van der Waals surface area (Å²) in [4.78, 5) is 37.1. The number of aliphatic carboxylic acids is 1. The van der Waals surface area contributed by atoms with Gasteiger partial charge in [-0.15, -0.1) is 23.7 Å². The third-order valence-corrected chi connectivity index (χ3v) is 6.42. The fourth-order valence-corrected chi connectivity index (χ4v) is 4.52. The molecule has 28 heavy (non-hydrogen) atoms. The molecule has 3 rings (SSSR count). The molecule has 8 heteroatoms. The van der Waals surface area contributed by atoms with Gasteiger partial charge in [-0.3, -0.25) is 4.79 Å². The monoisotopic (exact) mass is 400 g/mol. The van der Waals surface area contributed by atoms with Crippen LogP contribution in [0.15, 0.2) is 6.33 Å². The van der Waals surface area contributed by atoms with Crippen molar-refractivity contribution in [2.24, 2.45) is 5.92 Å². The molecule has 0 aliphatic carbocycles. The standard InChI is InChI=1S/C20H24N4O3S/c1-4-5-6-15(20(26)27)23-18(25)14-7-9-24(10-8-14)17-16-12(2)13(3)28-19(16)22-11-21-17/h1,11,14-15H,5-10H2,2-3H3,(H,23,25)(H,26,27)/t15-/m0/s1. The van der Waals surface area contributed by atoms with Crippen molar-refractivity contribution >= 4 is 39.2 Å². The first-order valence-corrected chi connectivity index (χ1v) is 10.2. The lowest BCUT2D eigenvalue weighted by Gasteiger charge is -2.33. The number of terminal acetylenes is 1. The van der Waals surface area contributed by atoms with Gasteiger partial charge in [0.05, 0.1) is 5.39 Å². The van der Waals surface area contributed by atoms with E-state index in [4.69, 9.17) is 6.42 Å². The van der Waals surface area contributed by atoms with Gasteiger partial charge in [-0.2, -0.15) is 0 Å². The molecule has 1 saturated heterocycles. The van der Waals surface area contributed by atoms with Crippen LogP contribution in [0, 0.1) is 32.1 Å². The summed E-state index contributed by atoms with van der Waals surface area (Å²) in [6.45, 7) is 5.56. The fourth-order valence-electron chi connectivity index (χ4n) is 3.53. The number of carboxylic acid groups (broad SMARTS) is 1. The van der Waals surface area contributed by atoms with Crippen molar-refractivity contribution < 1.29 is 14.7 Å². The van der Waals surface area contributed by atoms with Crippen molar-refractivity contribution in [3.63, 3.8) is 0 Å². The molecule has 1 fully saturated rings. The molecule has 0 aromatic carbocycles. The van der Waals surface area contributed by atoms with Gasteiger partial charge in [0.2, 0.25) is 5.91 Å². The molecule has 0 spiro atoms. The maximum absolute atomic E-state index is 12.5. The molecule has 7 nitrogen and oxygen atoms in total. The summed E-state index contributed by atoms with van der Waals surface area (Å²) in [6, 6.07) is -0.931. The van der Waals surface area contributed by atoms with Crippen LogP contribution >= 0.6 is 11.3 Å². The van der Waals surface area contributed by atoms with Crippen molar-refractivity contribution in [1.29, 1.82) is 0 Å². The zero-order chi connectivity index (χ0) is 20.3. The molecular formula is C20H24N4O3S. The van der Waals surface area contributed by atoms with E-state index in [1.807, 2.05) is 0 Å². The molecule has 1 amide bonds. The third-order valence-electron chi connectivity index (χ3n) is 5.30. The van der Waals surface area contributed by atoms with Crippen LogP contribution in [-0.2, 0) is 9.59 Å². The van der Waals surface area contributed by atoms with Crippen LogP contribution in [0.2, 0.25) is 0 Å². The number of carbonyl (C=O) groups is 2. The molecule has 1 aliphatic rings. The van der Waals surface area contributed by atoms with Crippen molar-refractivity contribution in [2.45, 2.75) is 45.6 Å².